The molecule has 4 nitrogen and oxygen atoms in total. The van der Waals surface area contributed by atoms with Gasteiger partial charge in [-0.05, 0) is 22.9 Å². The van der Waals surface area contributed by atoms with Crippen molar-refractivity contribution in [1.29, 1.82) is 0 Å². The number of hydrogen-bond acceptors (Lipinski definition) is 3. The molecule has 0 spiro atoms. The molecule has 3 aromatic rings. The highest BCUT2D eigenvalue weighted by atomic mass is 16.5. The average Bonchev–Trinajstić information content (AvgIpc) is 2.41. The van der Waals surface area contributed by atoms with E-state index in [1.807, 2.05) is 42.5 Å². The molecule has 2 aromatic carbocycles. The standard InChI is InChI=1S/C14H10N2O2/c17-13-14(16-8-7-15-13)18-12-6-5-10-3-1-2-4-11(10)9-12/h1-9H,(H,15,17). The second-order valence-electron chi connectivity index (χ2n) is 3.83. The van der Waals surface area contributed by atoms with E-state index in [1.165, 1.54) is 12.4 Å². The van der Waals surface area contributed by atoms with Crippen LogP contribution in [0.4, 0.5) is 0 Å². The normalized spacial score (nSPS) is 10.4. The summed E-state index contributed by atoms with van der Waals surface area (Å²) in [5.74, 6) is 0.644. The van der Waals surface area contributed by atoms with Crippen molar-refractivity contribution in [2.45, 2.75) is 0 Å². The number of fused-ring (bicyclic) bond motifs is 1. The van der Waals surface area contributed by atoms with Gasteiger partial charge in [0.2, 0.25) is 0 Å². The minimum Gasteiger partial charge on any atom is -0.435 e. The van der Waals surface area contributed by atoms with Crippen molar-refractivity contribution in [2.75, 3.05) is 0 Å². The number of ether oxygens (including phenoxy) is 1. The number of H-pyrrole nitrogens is 1. The molecule has 0 unspecified atom stereocenters. The predicted octanol–water partition coefficient (Wildman–Crippen LogP) is 2.72. The van der Waals surface area contributed by atoms with E-state index in [-0.39, 0.29) is 11.4 Å². The zero-order valence-corrected chi connectivity index (χ0v) is 9.46. The summed E-state index contributed by atoms with van der Waals surface area (Å²) < 4.78 is 5.46. The molecule has 0 radical (unpaired) electrons. The Balaban J connectivity index is 2.01. The van der Waals surface area contributed by atoms with Crippen LogP contribution < -0.4 is 10.3 Å². The van der Waals surface area contributed by atoms with Crippen LogP contribution in [0.3, 0.4) is 0 Å². The van der Waals surface area contributed by atoms with Gasteiger partial charge in [-0.2, -0.15) is 0 Å². The number of rotatable bonds is 2. The van der Waals surface area contributed by atoms with Gasteiger partial charge in [0, 0.05) is 12.4 Å². The van der Waals surface area contributed by atoms with Gasteiger partial charge in [-0.25, -0.2) is 4.98 Å². The lowest BCUT2D eigenvalue weighted by Crippen LogP contribution is -2.09. The Labute approximate surface area is 103 Å². The molecule has 1 heterocycles. The fourth-order valence-corrected chi connectivity index (χ4v) is 1.75. The molecule has 0 saturated heterocycles. The lowest BCUT2D eigenvalue weighted by atomic mass is 10.1. The van der Waals surface area contributed by atoms with Crippen LogP contribution in [0, 0.1) is 0 Å². The molecule has 0 amide bonds. The molecule has 0 saturated carbocycles. The smallest absolute Gasteiger partial charge is 0.311 e. The summed E-state index contributed by atoms with van der Waals surface area (Å²) in [6.45, 7) is 0. The first-order chi connectivity index (χ1) is 8.83. The maximum atomic E-state index is 11.4. The zero-order valence-electron chi connectivity index (χ0n) is 9.46. The highest BCUT2D eigenvalue weighted by Gasteiger charge is 2.03. The molecule has 0 aliphatic heterocycles. The number of aromatic nitrogens is 2. The van der Waals surface area contributed by atoms with Gasteiger partial charge in [0.1, 0.15) is 5.75 Å². The van der Waals surface area contributed by atoms with Crippen molar-refractivity contribution in [2.24, 2.45) is 0 Å². The Morgan fingerprint density at radius 2 is 1.89 bits per heavy atom. The Hall–Kier alpha value is -2.62. The van der Waals surface area contributed by atoms with Crippen LogP contribution in [0.25, 0.3) is 10.8 Å². The lowest BCUT2D eigenvalue weighted by Gasteiger charge is -2.04. The van der Waals surface area contributed by atoms with Gasteiger partial charge < -0.3 is 9.72 Å². The van der Waals surface area contributed by atoms with E-state index in [1.54, 1.807) is 0 Å². The summed E-state index contributed by atoms with van der Waals surface area (Å²) in [4.78, 5) is 17.8. The van der Waals surface area contributed by atoms with Gasteiger partial charge in [0.05, 0.1) is 0 Å². The van der Waals surface area contributed by atoms with Gasteiger partial charge >= 0.3 is 5.56 Å². The van der Waals surface area contributed by atoms with E-state index in [0.29, 0.717) is 5.75 Å². The van der Waals surface area contributed by atoms with Crippen molar-refractivity contribution in [3.63, 3.8) is 0 Å². The predicted molar refractivity (Wildman–Crippen MR) is 68.9 cm³/mol. The van der Waals surface area contributed by atoms with Gasteiger partial charge in [-0.15, -0.1) is 0 Å². The molecule has 18 heavy (non-hydrogen) atoms. The van der Waals surface area contributed by atoms with E-state index in [9.17, 15) is 4.79 Å². The van der Waals surface area contributed by atoms with Crippen LogP contribution in [-0.2, 0) is 0 Å². The molecule has 0 bridgehead atoms. The Kier molecular flexibility index (Phi) is 2.53. The first-order valence-corrected chi connectivity index (χ1v) is 5.53. The van der Waals surface area contributed by atoms with E-state index in [4.69, 9.17) is 4.74 Å². The summed E-state index contributed by atoms with van der Waals surface area (Å²) in [5.41, 5.74) is -0.342. The van der Waals surface area contributed by atoms with Gasteiger partial charge in [0.15, 0.2) is 0 Å². The molecule has 3 rings (SSSR count). The lowest BCUT2D eigenvalue weighted by molar-refractivity contribution is 0.455. The van der Waals surface area contributed by atoms with Crippen LogP contribution in [0.15, 0.2) is 59.7 Å². The van der Waals surface area contributed by atoms with Crippen LogP contribution in [0.2, 0.25) is 0 Å². The van der Waals surface area contributed by atoms with Crippen LogP contribution in [-0.4, -0.2) is 9.97 Å². The zero-order chi connectivity index (χ0) is 12.4. The molecular formula is C14H10N2O2. The molecular weight excluding hydrogens is 228 g/mol. The number of benzene rings is 2. The van der Waals surface area contributed by atoms with Crippen LogP contribution in [0.1, 0.15) is 0 Å². The first-order valence-electron chi connectivity index (χ1n) is 5.53. The van der Waals surface area contributed by atoms with E-state index < -0.39 is 0 Å². The maximum absolute atomic E-state index is 11.4. The summed E-state index contributed by atoms with van der Waals surface area (Å²) in [7, 11) is 0. The number of nitrogens with zero attached hydrogens (tertiary/aromatic N) is 1. The Morgan fingerprint density at radius 3 is 2.72 bits per heavy atom. The van der Waals surface area contributed by atoms with Gasteiger partial charge in [-0.1, -0.05) is 30.3 Å². The minimum absolute atomic E-state index is 0.0489. The van der Waals surface area contributed by atoms with E-state index in [0.717, 1.165) is 10.8 Å². The van der Waals surface area contributed by atoms with Gasteiger partial charge in [-0.3, -0.25) is 4.79 Å². The molecule has 0 atom stereocenters. The average molecular weight is 238 g/mol. The number of hydrogen-bond donors (Lipinski definition) is 1. The third-order valence-corrected chi connectivity index (χ3v) is 2.61. The third-order valence-electron chi connectivity index (χ3n) is 2.61. The third kappa shape index (κ3) is 1.96. The minimum atomic E-state index is -0.342. The highest BCUT2D eigenvalue weighted by molar-refractivity contribution is 5.83. The quantitative estimate of drug-likeness (QED) is 0.746. The fraction of sp³-hybridized carbons (Fsp3) is 0. The monoisotopic (exact) mass is 238 g/mol. The van der Waals surface area contributed by atoms with Crippen LogP contribution in [0.5, 0.6) is 11.6 Å². The molecule has 0 aliphatic rings. The Morgan fingerprint density at radius 1 is 1.06 bits per heavy atom. The van der Waals surface area contributed by atoms with Gasteiger partial charge in [0.25, 0.3) is 5.88 Å². The number of nitrogens with one attached hydrogen (secondary N) is 1. The molecule has 0 fully saturated rings. The first kappa shape index (κ1) is 10.5. The second kappa shape index (κ2) is 4.33. The SMILES string of the molecule is O=c1[nH]ccnc1Oc1ccc2ccccc2c1. The summed E-state index contributed by atoms with van der Waals surface area (Å²) in [6.07, 6.45) is 2.95. The fourth-order valence-electron chi connectivity index (χ4n) is 1.75. The van der Waals surface area contributed by atoms with Crippen molar-refractivity contribution in [3.05, 3.63) is 65.2 Å². The summed E-state index contributed by atoms with van der Waals surface area (Å²) in [6, 6.07) is 13.6. The van der Waals surface area contributed by atoms with Crippen LogP contribution >= 0.6 is 0 Å². The second-order valence-corrected chi connectivity index (χ2v) is 3.83. The van der Waals surface area contributed by atoms with Crippen molar-refractivity contribution in [1.82, 2.24) is 9.97 Å². The maximum Gasteiger partial charge on any atom is 0.311 e. The Bertz CT molecular complexity index is 750. The van der Waals surface area contributed by atoms with E-state index in [2.05, 4.69) is 9.97 Å². The van der Waals surface area contributed by atoms with Crippen molar-refractivity contribution >= 4 is 10.8 Å². The number of aromatic amines is 1. The summed E-state index contributed by atoms with van der Waals surface area (Å²) >= 11 is 0. The van der Waals surface area contributed by atoms with E-state index >= 15 is 0 Å². The molecule has 88 valence electrons. The highest BCUT2D eigenvalue weighted by Crippen LogP contribution is 2.22. The van der Waals surface area contributed by atoms with Crippen molar-refractivity contribution in [3.8, 4) is 11.6 Å². The largest absolute Gasteiger partial charge is 0.435 e. The summed E-state index contributed by atoms with van der Waals surface area (Å²) in [5, 5.41) is 2.18. The molecule has 1 N–H and O–H groups in total. The van der Waals surface area contributed by atoms with Crippen molar-refractivity contribution < 1.29 is 4.74 Å². The topological polar surface area (TPSA) is 55.0 Å². The molecule has 1 aromatic heterocycles. The molecule has 0 aliphatic carbocycles. The molecule has 4 heteroatoms.